The molecule has 1 heterocycles. The number of aliphatic hydroxyl groups excluding tert-OH is 1. The second kappa shape index (κ2) is 6.95. The van der Waals surface area contributed by atoms with Crippen LogP contribution in [0, 0.1) is 0 Å². The van der Waals surface area contributed by atoms with Crippen molar-refractivity contribution in [1.29, 1.82) is 0 Å². The Morgan fingerprint density at radius 3 is 2.56 bits per heavy atom. The minimum Gasteiger partial charge on any atom is -0.393 e. The van der Waals surface area contributed by atoms with Gasteiger partial charge in [-0.15, -0.1) is 0 Å². The zero-order valence-electron chi connectivity index (χ0n) is 14.9. The van der Waals surface area contributed by atoms with Crippen LogP contribution >= 0.6 is 0 Å². The number of carbonyl (C=O) groups is 1. The number of carbonyl (C=O) groups excluding carboxylic acids is 1. The molecule has 1 amide bonds. The average Bonchev–Trinajstić information content (AvgIpc) is 2.54. The van der Waals surface area contributed by atoms with Gasteiger partial charge in [0.15, 0.2) is 0 Å². The number of aliphatic hydroxyl groups is 1. The Bertz CT molecular complexity index is 931. The number of fused-ring (bicyclic) bond motifs is 1. The van der Waals surface area contributed by atoms with Gasteiger partial charge < -0.3 is 10.4 Å². The van der Waals surface area contributed by atoms with Gasteiger partial charge in [-0.25, -0.2) is 4.68 Å². The molecule has 1 aliphatic carbocycles. The fourth-order valence-electron chi connectivity index (χ4n) is 3.14. The highest BCUT2D eigenvalue weighted by molar-refractivity contribution is 5.85. The molecule has 27 heavy (non-hydrogen) atoms. The van der Waals surface area contributed by atoms with Crippen molar-refractivity contribution >= 4 is 16.7 Å². The largest absolute Gasteiger partial charge is 0.416 e. The Balaban J connectivity index is 1.98. The molecule has 0 unspecified atom stereocenters. The molecule has 1 saturated carbocycles. The first kappa shape index (κ1) is 19.3. The summed E-state index contributed by atoms with van der Waals surface area (Å²) in [6.07, 6.45) is -4.02. The first-order valence-corrected chi connectivity index (χ1v) is 8.65. The number of rotatable bonds is 4. The highest BCUT2D eigenvalue weighted by Gasteiger charge is 2.31. The fourth-order valence-corrected chi connectivity index (χ4v) is 3.14. The van der Waals surface area contributed by atoms with Crippen LogP contribution in [0.25, 0.3) is 10.8 Å². The van der Waals surface area contributed by atoms with Gasteiger partial charge >= 0.3 is 6.18 Å². The lowest BCUT2D eigenvalue weighted by molar-refractivity contribution is -0.137. The van der Waals surface area contributed by atoms with E-state index in [4.69, 9.17) is 0 Å². The summed E-state index contributed by atoms with van der Waals surface area (Å²) < 4.78 is 40.0. The summed E-state index contributed by atoms with van der Waals surface area (Å²) in [4.78, 5) is 24.8. The lowest BCUT2D eigenvalue weighted by Gasteiger charge is -2.31. The minimum atomic E-state index is -4.52. The van der Waals surface area contributed by atoms with Gasteiger partial charge in [-0.1, -0.05) is 13.8 Å². The molecule has 0 radical (unpaired) electrons. The quantitative estimate of drug-likeness (QED) is 0.848. The maximum Gasteiger partial charge on any atom is 0.416 e. The standard InChI is InChI=1S/C18H20F3N3O3/c1-9(2)16-14-5-10(18(19,20)21)3-4-13(14)17(27)24(23-16)8-15(26)22-11-6-12(25)7-11/h3-5,9,11-12,25H,6-8H2,1-2H3,(H,22,26). The highest BCUT2D eigenvalue weighted by Crippen LogP contribution is 2.32. The Labute approximate surface area is 153 Å². The molecule has 9 heteroatoms. The molecule has 0 atom stereocenters. The molecule has 0 saturated heterocycles. The number of aromatic nitrogens is 2. The first-order chi connectivity index (χ1) is 12.6. The average molecular weight is 383 g/mol. The molecular formula is C18H20F3N3O3. The van der Waals surface area contributed by atoms with E-state index in [0.717, 1.165) is 22.9 Å². The number of nitrogens with zero attached hydrogens (tertiary/aromatic N) is 2. The van der Waals surface area contributed by atoms with Gasteiger partial charge in [0.2, 0.25) is 5.91 Å². The predicted octanol–water partition coefficient (Wildman–Crippen LogP) is 2.18. The zero-order chi connectivity index (χ0) is 19.9. The summed E-state index contributed by atoms with van der Waals surface area (Å²) in [5, 5.41) is 16.4. The number of alkyl halides is 3. The maximum atomic E-state index is 13.0. The number of amides is 1. The van der Waals surface area contributed by atoms with E-state index in [0.29, 0.717) is 18.5 Å². The van der Waals surface area contributed by atoms with E-state index < -0.39 is 29.3 Å². The van der Waals surface area contributed by atoms with Gasteiger partial charge in [0, 0.05) is 11.4 Å². The molecule has 2 N–H and O–H groups in total. The molecule has 1 aromatic heterocycles. The van der Waals surface area contributed by atoms with Crippen LogP contribution in [0.1, 0.15) is 43.9 Å². The van der Waals surface area contributed by atoms with Crippen LogP contribution in [-0.2, 0) is 17.5 Å². The summed E-state index contributed by atoms with van der Waals surface area (Å²) in [5.74, 6) is -0.671. The third kappa shape index (κ3) is 3.97. The Morgan fingerprint density at radius 1 is 1.33 bits per heavy atom. The summed E-state index contributed by atoms with van der Waals surface area (Å²) in [6.45, 7) is 3.18. The third-order valence-corrected chi connectivity index (χ3v) is 4.63. The summed E-state index contributed by atoms with van der Waals surface area (Å²) in [5.41, 5.74) is -1.15. The van der Waals surface area contributed by atoms with E-state index in [9.17, 15) is 27.9 Å². The smallest absolute Gasteiger partial charge is 0.393 e. The predicted molar refractivity (Wildman–Crippen MR) is 92.3 cm³/mol. The number of halogens is 3. The minimum absolute atomic E-state index is 0.0913. The van der Waals surface area contributed by atoms with Gasteiger partial charge in [-0.3, -0.25) is 9.59 Å². The molecule has 0 spiro atoms. The van der Waals surface area contributed by atoms with E-state index in [1.54, 1.807) is 13.8 Å². The topological polar surface area (TPSA) is 84.2 Å². The van der Waals surface area contributed by atoms with Crippen LogP contribution < -0.4 is 10.9 Å². The van der Waals surface area contributed by atoms with Crippen molar-refractivity contribution in [3.8, 4) is 0 Å². The van der Waals surface area contributed by atoms with E-state index in [-0.39, 0.29) is 29.3 Å². The van der Waals surface area contributed by atoms with Crippen LogP contribution in [-0.4, -0.2) is 32.9 Å². The Hall–Kier alpha value is -2.42. The molecule has 0 bridgehead atoms. The van der Waals surface area contributed by atoms with Crippen molar-refractivity contribution in [2.45, 2.75) is 57.5 Å². The molecule has 2 aromatic rings. The lowest BCUT2D eigenvalue weighted by Crippen LogP contribution is -2.48. The van der Waals surface area contributed by atoms with Gasteiger partial charge in [-0.05, 0) is 37.0 Å². The zero-order valence-corrected chi connectivity index (χ0v) is 14.9. The normalized spacial score (nSPS) is 20.0. The molecule has 1 aliphatic rings. The monoisotopic (exact) mass is 383 g/mol. The number of hydrogen-bond acceptors (Lipinski definition) is 4. The molecule has 3 rings (SSSR count). The third-order valence-electron chi connectivity index (χ3n) is 4.63. The number of hydrogen-bond donors (Lipinski definition) is 2. The molecule has 1 aromatic carbocycles. The Kier molecular flexibility index (Phi) is 4.98. The van der Waals surface area contributed by atoms with Crippen molar-refractivity contribution in [3.63, 3.8) is 0 Å². The number of nitrogens with one attached hydrogen (secondary N) is 1. The summed E-state index contributed by atoms with van der Waals surface area (Å²) >= 11 is 0. The van der Waals surface area contributed by atoms with Crippen LogP contribution in [0.3, 0.4) is 0 Å². The summed E-state index contributed by atoms with van der Waals surface area (Å²) in [7, 11) is 0. The second-order valence-corrected chi connectivity index (χ2v) is 7.15. The SMILES string of the molecule is CC(C)c1nn(CC(=O)NC2CC(O)C2)c(=O)c2ccc(C(F)(F)F)cc12. The van der Waals surface area contributed by atoms with Crippen molar-refractivity contribution in [1.82, 2.24) is 15.1 Å². The fraction of sp³-hybridized carbons (Fsp3) is 0.500. The van der Waals surface area contributed by atoms with Gasteiger partial charge in [0.25, 0.3) is 5.56 Å². The Morgan fingerprint density at radius 2 is 2.00 bits per heavy atom. The van der Waals surface area contributed by atoms with E-state index in [1.165, 1.54) is 0 Å². The molecule has 0 aliphatic heterocycles. The van der Waals surface area contributed by atoms with Crippen molar-refractivity contribution in [3.05, 3.63) is 39.8 Å². The van der Waals surface area contributed by atoms with Gasteiger partial charge in [-0.2, -0.15) is 18.3 Å². The highest BCUT2D eigenvalue weighted by atomic mass is 19.4. The van der Waals surface area contributed by atoms with Crippen LogP contribution in [0.5, 0.6) is 0 Å². The van der Waals surface area contributed by atoms with E-state index in [1.807, 2.05) is 0 Å². The second-order valence-electron chi connectivity index (χ2n) is 7.15. The van der Waals surface area contributed by atoms with Crippen LogP contribution in [0.15, 0.2) is 23.0 Å². The van der Waals surface area contributed by atoms with Crippen molar-refractivity contribution < 1.29 is 23.1 Å². The maximum absolute atomic E-state index is 13.0. The molecule has 146 valence electrons. The van der Waals surface area contributed by atoms with Crippen LogP contribution in [0.2, 0.25) is 0 Å². The van der Waals surface area contributed by atoms with E-state index >= 15 is 0 Å². The molecule has 1 fully saturated rings. The lowest BCUT2D eigenvalue weighted by atomic mass is 9.89. The van der Waals surface area contributed by atoms with Crippen molar-refractivity contribution in [2.24, 2.45) is 0 Å². The molecular weight excluding hydrogens is 363 g/mol. The van der Waals surface area contributed by atoms with E-state index in [2.05, 4.69) is 10.4 Å². The van der Waals surface area contributed by atoms with Crippen molar-refractivity contribution in [2.75, 3.05) is 0 Å². The van der Waals surface area contributed by atoms with Crippen LogP contribution in [0.4, 0.5) is 13.2 Å². The molecule has 6 nitrogen and oxygen atoms in total. The van der Waals surface area contributed by atoms with Gasteiger partial charge in [0.05, 0.1) is 22.7 Å². The summed E-state index contributed by atoms with van der Waals surface area (Å²) in [6, 6.07) is 2.78. The first-order valence-electron chi connectivity index (χ1n) is 8.65. The van der Waals surface area contributed by atoms with Gasteiger partial charge in [0.1, 0.15) is 6.54 Å². The number of benzene rings is 1.